The molecule has 1 unspecified atom stereocenters. The molecule has 108 valence electrons. The fraction of sp³-hybridized carbons (Fsp3) is 0.0556. The molecule has 0 saturated carbocycles. The summed E-state index contributed by atoms with van der Waals surface area (Å²) in [6, 6.07) is 19.8. The second-order valence-electron chi connectivity index (χ2n) is 5.14. The van der Waals surface area contributed by atoms with E-state index in [-0.39, 0.29) is 0 Å². The largest absolute Gasteiger partial charge is 0.383 e. The summed E-state index contributed by atoms with van der Waals surface area (Å²) in [5.74, 6) is 0.846. The fourth-order valence-electron chi connectivity index (χ4n) is 2.52. The quantitative estimate of drug-likeness (QED) is 0.590. The highest BCUT2D eigenvalue weighted by atomic mass is 32.1. The molecule has 4 heteroatoms. The first-order chi connectivity index (χ1) is 10.8. The second-order valence-corrected chi connectivity index (χ2v) is 6.12. The summed E-state index contributed by atoms with van der Waals surface area (Å²) < 4.78 is 0. The summed E-state index contributed by atoms with van der Waals surface area (Å²) in [5.41, 5.74) is 3.89. The molecule has 2 aromatic heterocycles. The van der Waals surface area contributed by atoms with E-state index in [1.807, 2.05) is 66.0 Å². The third kappa shape index (κ3) is 2.32. The molecule has 3 nitrogen and oxygen atoms in total. The first-order valence-electron chi connectivity index (χ1n) is 7.08. The highest BCUT2D eigenvalue weighted by molar-refractivity contribution is 7.10. The first kappa shape index (κ1) is 13.2. The number of aliphatic hydroxyl groups is 1. The van der Waals surface area contributed by atoms with Gasteiger partial charge < -0.3 is 10.1 Å². The van der Waals surface area contributed by atoms with Gasteiger partial charge in [-0.05, 0) is 29.1 Å². The van der Waals surface area contributed by atoms with Crippen LogP contribution < -0.4 is 0 Å². The molecule has 1 atom stereocenters. The van der Waals surface area contributed by atoms with Crippen LogP contribution in [0.3, 0.4) is 0 Å². The van der Waals surface area contributed by atoms with E-state index < -0.39 is 6.10 Å². The smallest absolute Gasteiger partial charge is 0.138 e. The monoisotopic (exact) mass is 306 g/mol. The summed E-state index contributed by atoms with van der Waals surface area (Å²) in [5, 5.41) is 12.3. The number of rotatable bonds is 3. The Balaban J connectivity index is 1.66. The third-order valence-electron chi connectivity index (χ3n) is 3.70. The van der Waals surface area contributed by atoms with Gasteiger partial charge in [-0.2, -0.15) is 0 Å². The van der Waals surface area contributed by atoms with E-state index in [1.54, 1.807) is 11.3 Å². The predicted octanol–water partition coefficient (Wildman–Crippen LogP) is 4.37. The Morgan fingerprint density at radius 2 is 1.77 bits per heavy atom. The molecule has 4 rings (SSSR count). The lowest BCUT2D eigenvalue weighted by atomic mass is 10.1. The number of imidazole rings is 1. The Kier molecular flexibility index (Phi) is 3.25. The Morgan fingerprint density at radius 1 is 0.955 bits per heavy atom. The van der Waals surface area contributed by atoms with E-state index >= 15 is 0 Å². The van der Waals surface area contributed by atoms with Crippen molar-refractivity contribution < 1.29 is 5.11 Å². The van der Waals surface area contributed by atoms with E-state index in [0.717, 1.165) is 32.9 Å². The number of nitrogens with zero attached hydrogens (tertiary/aromatic N) is 1. The molecule has 2 N–H and O–H groups in total. The molecule has 22 heavy (non-hydrogen) atoms. The van der Waals surface area contributed by atoms with Crippen molar-refractivity contribution in [2.45, 2.75) is 6.10 Å². The Bertz CT molecular complexity index is 861. The van der Waals surface area contributed by atoms with Crippen molar-refractivity contribution in [1.29, 1.82) is 0 Å². The SMILES string of the molecule is OC(c1ccc(-c2nc3ccccc3[nH]2)cc1)c1cccs1. The topological polar surface area (TPSA) is 48.9 Å². The number of aromatic amines is 1. The van der Waals surface area contributed by atoms with Crippen molar-refractivity contribution in [2.24, 2.45) is 0 Å². The van der Waals surface area contributed by atoms with Crippen LogP contribution in [0.5, 0.6) is 0 Å². The second kappa shape index (κ2) is 5.40. The average Bonchev–Trinajstić information content (AvgIpc) is 3.23. The summed E-state index contributed by atoms with van der Waals surface area (Å²) in [7, 11) is 0. The minimum Gasteiger partial charge on any atom is -0.383 e. The number of para-hydroxylation sites is 2. The minimum absolute atomic E-state index is 0.565. The number of hydrogen-bond donors (Lipinski definition) is 2. The summed E-state index contributed by atoms with van der Waals surface area (Å²) in [4.78, 5) is 8.86. The van der Waals surface area contributed by atoms with Crippen molar-refractivity contribution in [2.75, 3.05) is 0 Å². The van der Waals surface area contributed by atoms with Crippen molar-refractivity contribution in [3.63, 3.8) is 0 Å². The molecule has 4 aromatic rings. The van der Waals surface area contributed by atoms with Crippen LogP contribution in [0.15, 0.2) is 66.0 Å². The molecule has 0 aliphatic carbocycles. The van der Waals surface area contributed by atoms with Crippen molar-refractivity contribution >= 4 is 22.4 Å². The van der Waals surface area contributed by atoms with E-state index in [2.05, 4.69) is 9.97 Å². The van der Waals surface area contributed by atoms with Gasteiger partial charge in [0.1, 0.15) is 11.9 Å². The van der Waals surface area contributed by atoms with E-state index in [0.29, 0.717) is 0 Å². The van der Waals surface area contributed by atoms with Crippen LogP contribution in [0.2, 0.25) is 0 Å². The zero-order valence-corrected chi connectivity index (χ0v) is 12.5. The summed E-state index contributed by atoms with van der Waals surface area (Å²) >= 11 is 1.56. The lowest BCUT2D eigenvalue weighted by molar-refractivity contribution is 0.224. The van der Waals surface area contributed by atoms with Gasteiger partial charge in [0.25, 0.3) is 0 Å². The molecule has 0 aliphatic rings. The van der Waals surface area contributed by atoms with Gasteiger partial charge in [-0.3, -0.25) is 0 Å². The van der Waals surface area contributed by atoms with Crippen LogP contribution in [-0.2, 0) is 0 Å². The van der Waals surface area contributed by atoms with Gasteiger partial charge >= 0.3 is 0 Å². The van der Waals surface area contributed by atoms with Gasteiger partial charge in [0.15, 0.2) is 0 Å². The van der Waals surface area contributed by atoms with Crippen LogP contribution in [0.1, 0.15) is 16.5 Å². The van der Waals surface area contributed by atoms with Crippen molar-refractivity contribution in [3.8, 4) is 11.4 Å². The molecular weight excluding hydrogens is 292 g/mol. The highest BCUT2D eigenvalue weighted by Gasteiger charge is 2.12. The highest BCUT2D eigenvalue weighted by Crippen LogP contribution is 2.28. The van der Waals surface area contributed by atoms with Gasteiger partial charge in [-0.25, -0.2) is 4.98 Å². The van der Waals surface area contributed by atoms with Crippen LogP contribution in [-0.4, -0.2) is 15.1 Å². The number of fused-ring (bicyclic) bond motifs is 1. The van der Waals surface area contributed by atoms with Crippen LogP contribution in [0.4, 0.5) is 0 Å². The first-order valence-corrected chi connectivity index (χ1v) is 7.96. The maximum Gasteiger partial charge on any atom is 0.138 e. The molecule has 0 fully saturated rings. The molecule has 0 amide bonds. The minimum atomic E-state index is -0.565. The number of aromatic nitrogens is 2. The van der Waals surface area contributed by atoms with Gasteiger partial charge in [0.05, 0.1) is 11.0 Å². The Hall–Kier alpha value is -2.43. The maximum atomic E-state index is 10.3. The molecule has 2 heterocycles. The third-order valence-corrected chi connectivity index (χ3v) is 4.63. The number of aliphatic hydroxyl groups excluding tert-OH is 1. The van der Waals surface area contributed by atoms with Crippen LogP contribution >= 0.6 is 11.3 Å². The number of hydrogen-bond acceptors (Lipinski definition) is 3. The van der Waals surface area contributed by atoms with E-state index in [9.17, 15) is 5.11 Å². The number of H-pyrrole nitrogens is 1. The standard InChI is InChI=1S/C18H14N2OS/c21-17(16-6-3-11-22-16)12-7-9-13(10-8-12)18-19-14-4-1-2-5-15(14)20-18/h1-11,17,21H,(H,19,20). The average molecular weight is 306 g/mol. The predicted molar refractivity (Wildman–Crippen MR) is 89.9 cm³/mol. The van der Waals surface area contributed by atoms with Gasteiger partial charge in [-0.1, -0.05) is 42.5 Å². The maximum absolute atomic E-state index is 10.3. The Labute approximate surface area is 131 Å². The molecular formula is C18H14N2OS. The lowest BCUT2D eigenvalue weighted by Crippen LogP contribution is -1.96. The lowest BCUT2D eigenvalue weighted by Gasteiger charge is -2.09. The summed E-state index contributed by atoms with van der Waals surface area (Å²) in [6.07, 6.45) is -0.565. The molecule has 0 aliphatic heterocycles. The Morgan fingerprint density at radius 3 is 2.50 bits per heavy atom. The molecule has 0 saturated heterocycles. The fourth-order valence-corrected chi connectivity index (χ4v) is 3.26. The molecule has 0 bridgehead atoms. The van der Waals surface area contributed by atoms with E-state index in [1.165, 1.54) is 0 Å². The van der Waals surface area contributed by atoms with E-state index in [4.69, 9.17) is 0 Å². The van der Waals surface area contributed by atoms with Crippen LogP contribution in [0.25, 0.3) is 22.4 Å². The zero-order chi connectivity index (χ0) is 14.9. The van der Waals surface area contributed by atoms with Gasteiger partial charge in [-0.15, -0.1) is 11.3 Å². The number of thiophene rings is 1. The number of benzene rings is 2. The summed E-state index contributed by atoms with van der Waals surface area (Å²) in [6.45, 7) is 0. The van der Waals surface area contributed by atoms with Crippen molar-refractivity contribution in [1.82, 2.24) is 9.97 Å². The normalized spacial score (nSPS) is 12.6. The van der Waals surface area contributed by atoms with Gasteiger partial charge in [0.2, 0.25) is 0 Å². The molecule has 0 radical (unpaired) electrons. The van der Waals surface area contributed by atoms with Crippen molar-refractivity contribution in [3.05, 3.63) is 76.5 Å². The molecule has 2 aromatic carbocycles. The molecule has 0 spiro atoms. The zero-order valence-electron chi connectivity index (χ0n) is 11.7. The number of nitrogens with one attached hydrogen (secondary N) is 1. The van der Waals surface area contributed by atoms with Crippen LogP contribution in [0, 0.1) is 0 Å². The van der Waals surface area contributed by atoms with Gasteiger partial charge in [0, 0.05) is 10.4 Å².